The van der Waals surface area contributed by atoms with E-state index in [-0.39, 0.29) is 11.8 Å². The molecule has 0 bridgehead atoms. The Kier molecular flexibility index (Phi) is 5.43. The quantitative estimate of drug-likeness (QED) is 0.917. The fraction of sp³-hybridized carbons (Fsp3) is 0.368. The lowest BCUT2D eigenvalue weighted by molar-refractivity contribution is -0.136. The summed E-state index contributed by atoms with van der Waals surface area (Å²) in [7, 11) is 0. The first kappa shape index (κ1) is 16.5. The van der Waals surface area contributed by atoms with Crippen LogP contribution in [0.25, 0.3) is 0 Å². The van der Waals surface area contributed by atoms with E-state index < -0.39 is 0 Å². The van der Waals surface area contributed by atoms with Gasteiger partial charge in [0.2, 0.25) is 5.91 Å². The number of nitrogens with one attached hydrogen (secondary N) is 1. The second-order valence-electron chi connectivity index (χ2n) is 6.00. The van der Waals surface area contributed by atoms with E-state index in [0.29, 0.717) is 32.8 Å². The standard InChI is InChI=1S/C19H23N3O2/c1-15-7-8-20-18(13-15)21-14-17(16-5-3-2-4-6-16)19(23)22-9-11-24-12-10-22/h2-8,13,17H,9-12,14H2,1H3,(H,20,21)/t17-/m1/s1. The zero-order valence-corrected chi connectivity index (χ0v) is 13.9. The van der Waals surface area contributed by atoms with Crippen molar-refractivity contribution in [2.75, 3.05) is 38.2 Å². The molecule has 1 atom stereocenters. The van der Waals surface area contributed by atoms with Crippen LogP contribution in [-0.2, 0) is 9.53 Å². The van der Waals surface area contributed by atoms with Gasteiger partial charge in [0.15, 0.2) is 0 Å². The van der Waals surface area contributed by atoms with Crippen LogP contribution in [0.15, 0.2) is 48.7 Å². The lowest BCUT2D eigenvalue weighted by atomic mass is 9.97. The monoisotopic (exact) mass is 325 g/mol. The van der Waals surface area contributed by atoms with Gasteiger partial charge in [0, 0.05) is 25.8 Å². The molecule has 0 saturated carbocycles. The number of benzene rings is 1. The summed E-state index contributed by atoms with van der Waals surface area (Å²) < 4.78 is 5.36. The van der Waals surface area contributed by atoms with Gasteiger partial charge in [-0.3, -0.25) is 4.79 Å². The molecule has 0 radical (unpaired) electrons. The number of amides is 1. The molecule has 1 amide bonds. The maximum absolute atomic E-state index is 13.0. The van der Waals surface area contributed by atoms with Gasteiger partial charge in [0.1, 0.15) is 5.82 Å². The highest BCUT2D eigenvalue weighted by Crippen LogP contribution is 2.20. The first-order valence-electron chi connectivity index (χ1n) is 8.32. The third-order valence-electron chi connectivity index (χ3n) is 4.23. The lowest BCUT2D eigenvalue weighted by Gasteiger charge is -2.30. The van der Waals surface area contributed by atoms with Gasteiger partial charge in [-0.15, -0.1) is 0 Å². The Hall–Kier alpha value is -2.40. The summed E-state index contributed by atoms with van der Waals surface area (Å²) in [5.74, 6) is 0.710. The van der Waals surface area contributed by atoms with Crippen molar-refractivity contribution in [3.63, 3.8) is 0 Å². The summed E-state index contributed by atoms with van der Waals surface area (Å²) in [5, 5.41) is 3.31. The van der Waals surface area contributed by atoms with E-state index in [1.165, 1.54) is 0 Å². The summed E-state index contributed by atoms with van der Waals surface area (Å²) in [6.45, 7) is 5.09. The average Bonchev–Trinajstić information content (AvgIpc) is 2.63. The first-order chi connectivity index (χ1) is 11.7. The largest absolute Gasteiger partial charge is 0.378 e. The van der Waals surface area contributed by atoms with Crippen LogP contribution in [0.5, 0.6) is 0 Å². The summed E-state index contributed by atoms with van der Waals surface area (Å²) in [6, 6.07) is 13.9. The number of carbonyl (C=O) groups excluding carboxylic acids is 1. The summed E-state index contributed by atoms with van der Waals surface area (Å²) >= 11 is 0. The van der Waals surface area contributed by atoms with Gasteiger partial charge in [-0.2, -0.15) is 0 Å². The highest BCUT2D eigenvalue weighted by atomic mass is 16.5. The second-order valence-corrected chi connectivity index (χ2v) is 6.00. The molecule has 1 aromatic heterocycles. The molecule has 3 rings (SSSR count). The minimum Gasteiger partial charge on any atom is -0.378 e. The van der Waals surface area contributed by atoms with Gasteiger partial charge in [-0.1, -0.05) is 30.3 Å². The van der Waals surface area contributed by atoms with Crippen LogP contribution in [-0.4, -0.2) is 48.6 Å². The van der Waals surface area contributed by atoms with Gasteiger partial charge in [-0.25, -0.2) is 4.98 Å². The van der Waals surface area contributed by atoms with Crippen molar-refractivity contribution in [3.05, 3.63) is 59.8 Å². The van der Waals surface area contributed by atoms with E-state index in [4.69, 9.17) is 4.74 Å². The number of anilines is 1. The number of hydrogen-bond donors (Lipinski definition) is 1. The molecule has 1 saturated heterocycles. The molecule has 5 nitrogen and oxygen atoms in total. The first-order valence-corrected chi connectivity index (χ1v) is 8.32. The minimum absolute atomic E-state index is 0.143. The Morgan fingerprint density at radius 3 is 2.71 bits per heavy atom. The Balaban J connectivity index is 1.75. The number of hydrogen-bond acceptors (Lipinski definition) is 4. The Labute approximate surface area is 142 Å². The molecular weight excluding hydrogens is 302 g/mol. The summed E-state index contributed by atoms with van der Waals surface area (Å²) in [4.78, 5) is 19.2. The fourth-order valence-corrected chi connectivity index (χ4v) is 2.88. The van der Waals surface area contributed by atoms with E-state index in [1.54, 1.807) is 6.20 Å². The van der Waals surface area contributed by atoms with Gasteiger partial charge < -0.3 is 15.0 Å². The summed E-state index contributed by atoms with van der Waals surface area (Å²) in [6.07, 6.45) is 1.78. The fourth-order valence-electron chi connectivity index (χ4n) is 2.88. The van der Waals surface area contributed by atoms with Crippen molar-refractivity contribution in [1.82, 2.24) is 9.88 Å². The number of pyridine rings is 1. The van der Waals surface area contributed by atoms with Crippen LogP contribution in [0, 0.1) is 6.92 Å². The topological polar surface area (TPSA) is 54.5 Å². The number of rotatable bonds is 5. The third-order valence-corrected chi connectivity index (χ3v) is 4.23. The predicted octanol–water partition coefficient (Wildman–Crippen LogP) is 2.44. The molecule has 1 aliphatic rings. The van der Waals surface area contributed by atoms with Gasteiger partial charge in [0.25, 0.3) is 0 Å². The lowest BCUT2D eigenvalue weighted by Crippen LogP contribution is -2.44. The number of nitrogens with zero attached hydrogens (tertiary/aromatic N) is 2. The number of carbonyl (C=O) groups is 1. The van der Waals surface area contributed by atoms with E-state index in [1.807, 2.05) is 54.3 Å². The molecule has 0 unspecified atom stereocenters. The molecule has 24 heavy (non-hydrogen) atoms. The molecule has 1 aliphatic heterocycles. The minimum atomic E-state index is -0.230. The van der Waals surface area contributed by atoms with Gasteiger partial charge in [-0.05, 0) is 30.2 Å². The maximum atomic E-state index is 13.0. The highest BCUT2D eigenvalue weighted by Gasteiger charge is 2.27. The average molecular weight is 325 g/mol. The zero-order chi connectivity index (χ0) is 16.8. The Bertz CT molecular complexity index is 669. The Morgan fingerprint density at radius 2 is 2.00 bits per heavy atom. The molecule has 0 aliphatic carbocycles. The molecule has 2 heterocycles. The molecule has 126 valence electrons. The van der Waals surface area contributed by atoms with Gasteiger partial charge >= 0.3 is 0 Å². The van der Waals surface area contributed by atoms with E-state index >= 15 is 0 Å². The number of ether oxygens (including phenoxy) is 1. The van der Waals surface area contributed by atoms with Crippen LogP contribution < -0.4 is 5.32 Å². The highest BCUT2D eigenvalue weighted by molar-refractivity contribution is 5.84. The SMILES string of the molecule is Cc1ccnc(NC[C@@H](C(=O)N2CCOCC2)c2ccccc2)c1. The number of aromatic nitrogens is 1. The molecular formula is C19H23N3O2. The van der Waals surface area contributed by atoms with Crippen LogP contribution in [0.2, 0.25) is 0 Å². The van der Waals surface area contributed by atoms with Crippen molar-refractivity contribution >= 4 is 11.7 Å². The molecule has 1 N–H and O–H groups in total. The van der Waals surface area contributed by atoms with Crippen molar-refractivity contribution in [1.29, 1.82) is 0 Å². The van der Waals surface area contributed by atoms with E-state index in [0.717, 1.165) is 16.9 Å². The van der Waals surface area contributed by atoms with Crippen LogP contribution in [0.4, 0.5) is 5.82 Å². The molecule has 5 heteroatoms. The molecule has 1 aromatic carbocycles. The van der Waals surface area contributed by atoms with E-state index in [2.05, 4.69) is 10.3 Å². The molecule has 0 spiro atoms. The Morgan fingerprint density at radius 1 is 1.25 bits per heavy atom. The number of morpholine rings is 1. The molecule has 1 fully saturated rings. The normalized spacial score (nSPS) is 15.8. The zero-order valence-electron chi connectivity index (χ0n) is 13.9. The van der Waals surface area contributed by atoms with Crippen LogP contribution in [0.3, 0.4) is 0 Å². The van der Waals surface area contributed by atoms with Crippen LogP contribution in [0.1, 0.15) is 17.0 Å². The molecule has 2 aromatic rings. The second kappa shape index (κ2) is 7.93. The van der Waals surface area contributed by atoms with Crippen molar-refractivity contribution < 1.29 is 9.53 Å². The van der Waals surface area contributed by atoms with Crippen molar-refractivity contribution in [3.8, 4) is 0 Å². The van der Waals surface area contributed by atoms with Crippen LogP contribution >= 0.6 is 0 Å². The number of aryl methyl sites for hydroxylation is 1. The van der Waals surface area contributed by atoms with Crippen molar-refractivity contribution in [2.45, 2.75) is 12.8 Å². The smallest absolute Gasteiger partial charge is 0.232 e. The summed E-state index contributed by atoms with van der Waals surface area (Å²) in [5.41, 5.74) is 2.16. The predicted molar refractivity (Wildman–Crippen MR) is 94.0 cm³/mol. The van der Waals surface area contributed by atoms with Gasteiger partial charge in [0.05, 0.1) is 19.1 Å². The van der Waals surface area contributed by atoms with E-state index in [9.17, 15) is 4.79 Å². The maximum Gasteiger partial charge on any atom is 0.232 e. The van der Waals surface area contributed by atoms with Crippen molar-refractivity contribution in [2.24, 2.45) is 0 Å². The third kappa shape index (κ3) is 4.11.